The third-order valence-corrected chi connectivity index (χ3v) is 2.88. The molecule has 3 nitrogen and oxygen atoms in total. The number of nitrogens with zero attached hydrogens (tertiary/aromatic N) is 2. The predicted molar refractivity (Wildman–Crippen MR) is 88.3 cm³/mol. The summed E-state index contributed by atoms with van der Waals surface area (Å²) in [5, 5.41) is 0. The summed E-state index contributed by atoms with van der Waals surface area (Å²) in [5.74, 6) is 0.982. The van der Waals surface area contributed by atoms with E-state index in [0.29, 0.717) is 0 Å². The molecule has 2 N–H and O–H groups in total. The molecule has 1 heterocycles. The van der Waals surface area contributed by atoms with Crippen LogP contribution in [0.3, 0.4) is 0 Å². The van der Waals surface area contributed by atoms with E-state index in [9.17, 15) is 0 Å². The molecule has 0 unspecified atom stereocenters. The van der Waals surface area contributed by atoms with Crippen LogP contribution < -0.4 is 5.73 Å². The van der Waals surface area contributed by atoms with Crippen LogP contribution in [0, 0.1) is 6.92 Å². The fraction of sp³-hybridized carbons (Fsp3) is 0.235. The Morgan fingerprint density at radius 1 is 1.05 bits per heavy atom. The Labute approximate surface area is 121 Å². The van der Waals surface area contributed by atoms with E-state index in [2.05, 4.69) is 29.5 Å². The van der Waals surface area contributed by atoms with Crippen molar-refractivity contribution in [3.63, 3.8) is 0 Å². The molecular weight excluding hydrogens is 246 g/mol. The van der Waals surface area contributed by atoms with Gasteiger partial charge in [-0.1, -0.05) is 32.4 Å². The van der Waals surface area contributed by atoms with Crippen molar-refractivity contribution in [2.45, 2.75) is 27.2 Å². The summed E-state index contributed by atoms with van der Waals surface area (Å²) in [6, 6.07) is 16.0. The number of nitrogens with two attached hydrogens (primary N) is 1. The summed E-state index contributed by atoms with van der Waals surface area (Å²) >= 11 is 0. The number of aromatic nitrogens is 2. The molecule has 0 saturated heterocycles. The number of aryl methyl sites for hydroxylation is 1. The lowest BCUT2D eigenvalue weighted by molar-refractivity contribution is 1.00. The highest BCUT2D eigenvalue weighted by Gasteiger charge is 2.07. The number of anilines is 1. The van der Waals surface area contributed by atoms with Crippen molar-refractivity contribution in [1.29, 1.82) is 0 Å². The number of imidazole rings is 1. The molecule has 3 rings (SSSR count). The summed E-state index contributed by atoms with van der Waals surface area (Å²) < 4.78 is 2.13. The minimum absolute atomic E-state index is 0. The molecule has 0 bridgehead atoms. The van der Waals surface area contributed by atoms with Gasteiger partial charge in [0.15, 0.2) is 0 Å². The average Bonchev–Trinajstić information content (AvgIpc) is 2.77. The van der Waals surface area contributed by atoms with Gasteiger partial charge in [-0.15, -0.1) is 0 Å². The highest BCUT2D eigenvalue weighted by molar-refractivity contribution is 5.78. The molecule has 3 heteroatoms. The summed E-state index contributed by atoms with van der Waals surface area (Å²) in [5.41, 5.74) is 9.70. The molecule has 0 aliphatic rings. The van der Waals surface area contributed by atoms with Gasteiger partial charge in [-0.05, 0) is 43.3 Å². The van der Waals surface area contributed by atoms with Crippen molar-refractivity contribution in [3.05, 3.63) is 54.4 Å². The molecule has 3 aromatic rings. The first-order chi connectivity index (χ1) is 9.67. The van der Waals surface area contributed by atoms with Gasteiger partial charge in [-0.3, -0.25) is 4.57 Å². The topological polar surface area (TPSA) is 43.8 Å². The van der Waals surface area contributed by atoms with Crippen molar-refractivity contribution >= 4 is 16.7 Å². The van der Waals surface area contributed by atoms with Crippen LogP contribution in [0.4, 0.5) is 5.69 Å². The molecule has 0 aliphatic carbocycles. The van der Waals surface area contributed by atoms with Crippen LogP contribution in [0.2, 0.25) is 0 Å². The molecular formula is C17H23N3. The van der Waals surface area contributed by atoms with E-state index in [-0.39, 0.29) is 1.43 Å². The maximum atomic E-state index is 5.71. The number of rotatable bonds is 1. The van der Waals surface area contributed by atoms with Crippen molar-refractivity contribution in [1.82, 2.24) is 9.55 Å². The van der Waals surface area contributed by atoms with Gasteiger partial charge in [0.05, 0.1) is 11.0 Å². The molecule has 20 heavy (non-hydrogen) atoms. The molecule has 1 aromatic heterocycles. The number of hydrogen-bond acceptors (Lipinski definition) is 2. The fourth-order valence-corrected chi connectivity index (χ4v) is 2.10. The van der Waals surface area contributed by atoms with Gasteiger partial charge < -0.3 is 5.73 Å². The summed E-state index contributed by atoms with van der Waals surface area (Å²) in [4.78, 5) is 4.54. The largest absolute Gasteiger partial charge is 0.399 e. The molecule has 0 atom stereocenters. The van der Waals surface area contributed by atoms with Crippen molar-refractivity contribution in [2.24, 2.45) is 0 Å². The quantitative estimate of drug-likeness (QED) is 0.657. The molecule has 0 spiro atoms. The zero-order valence-corrected chi connectivity index (χ0v) is 12.3. The average molecular weight is 269 g/mol. The first-order valence-electron chi connectivity index (χ1n) is 6.97. The zero-order valence-electron chi connectivity index (χ0n) is 12.3. The van der Waals surface area contributed by atoms with E-state index in [1.54, 1.807) is 0 Å². The van der Waals surface area contributed by atoms with Crippen LogP contribution in [-0.4, -0.2) is 9.55 Å². The lowest BCUT2D eigenvalue weighted by atomic mass is 10.2. The minimum atomic E-state index is 0. The molecule has 0 aliphatic heterocycles. The van der Waals surface area contributed by atoms with Gasteiger partial charge in [-0.2, -0.15) is 0 Å². The van der Waals surface area contributed by atoms with E-state index in [4.69, 9.17) is 5.73 Å². The monoisotopic (exact) mass is 269 g/mol. The number of para-hydroxylation sites is 2. The first kappa shape index (κ1) is 14.1. The summed E-state index contributed by atoms with van der Waals surface area (Å²) in [6.45, 7) is 6.26. The third kappa shape index (κ3) is 2.82. The molecule has 2 aromatic carbocycles. The summed E-state index contributed by atoms with van der Waals surface area (Å²) in [7, 11) is 0. The first-order valence-corrected chi connectivity index (χ1v) is 6.97. The molecule has 0 fully saturated rings. The minimum Gasteiger partial charge on any atom is -0.399 e. The Hall–Kier alpha value is -2.29. The second kappa shape index (κ2) is 6.24. The van der Waals surface area contributed by atoms with Gasteiger partial charge >= 0.3 is 0 Å². The van der Waals surface area contributed by atoms with Crippen LogP contribution >= 0.6 is 0 Å². The molecule has 0 amide bonds. The maximum absolute atomic E-state index is 5.71. The highest BCUT2D eigenvalue weighted by atomic mass is 15.1. The highest BCUT2D eigenvalue weighted by Crippen LogP contribution is 2.21. The summed E-state index contributed by atoms with van der Waals surface area (Å²) in [6.07, 6.45) is 1.25. The smallest absolute Gasteiger partial charge is 0.111 e. The Morgan fingerprint density at radius 2 is 1.65 bits per heavy atom. The Kier molecular flexibility index (Phi) is 4.41. The van der Waals surface area contributed by atoms with E-state index >= 15 is 0 Å². The van der Waals surface area contributed by atoms with E-state index in [1.807, 2.05) is 49.4 Å². The number of hydrogen-bond donors (Lipinski definition) is 1. The Balaban J connectivity index is 0.000000510. The van der Waals surface area contributed by atoms with Crippen molar-refractivity contribution in [3.8, 4) is 5.69 Å². The van der Waals surface area contributed by atoms with Crippen LogP contribution in [0.15, 0.2) is 48.5 Å². The second-order valence-electron chi connectivity index (χ2n) is 4.78. The van der Waals surface area contributed by atoms with Crippen LogP contribution in [0.25, 0.3) is 16.7 Å². The standard InChI is InChI=1S/C14H13N3.C3H8.H2/c1-10-16-13-4-2-3-5-14(13)17(10)12-8-6-11(15)7-9-12;1-3-2;/h2-9H,15H2,1H3;3H2,1-2H3;1H. The Morgan fingerprint density at radius 3 is 2.30 bits per heavy atom. The van der Waals surface area contributed by atoms with Gasteiger partial charge in [-0.25, -0.2) is 4.98 Å². The van der Waals surface area contributed by atoms with Crippen molar-refractivity contribution in [2.75, 3.05) is 5.73 Å². The molecule has 106 valence electrons. The predicted octanol–water partition coefficient (Wildman–Crippen LogP) is 4.58. The second-order valence-corrected chi connectivity index (χ2v) is 4.78. The number of fused-ring (bicyclic) bond motifs is 1. The van der Waals surface area contributed by atoms with E-state index in [1.165, 1.54) is 6.42 Å². The van der Waals surface area contributed by atoms with E-state index in [0.717, 1.165) is 28.2 Å². The van der Waals surface area contributed by atoms with Gasteiger partial charge in [0.1, 0.15) is 5.82 Å². The zero-order chi connectivity index (χ0) is 14.5. The maximum Gasteiger partial charge on any atom is 0.111 e. The fourth-order valence-electron chi connectivity index (χ4n) is 2.10. The third-order valence-electron chi connectivity index (χ3n) is 2.88. The molecule has 0 radical (unpaired) electrons. The van der Waals surface area contributed by atoms with Crippen molar-refractivity contribution < 1.29 is 1.43 Å². The molecule has 0 saturated carbocycles. The Bertz CT molecular complexity index is 687. The number of nitrogen functional groups attached to an aromatic ring is 1. The number of benzene rings is 2. The van der Waals surface area contributed by atoms with E-state index < -0.39 is 0 Å². The SMILES string of the molecule is CCC.Cc1nc2ccccc2n1-c1ccc(N)cc1.[HH]. The van der Waals surface area contributed by atoms with Crippen LogP contribution in [0.1, 0.15) is 27.5 Å². The van der Waals surface area contributed by atoms with Gasteiger partial charge in [0, 0.05) is 12.8 Å². The normalized spacial score (nSPS) is 10.2. The lowest BCUT2D eigenvalue weighted by Crippen LogP contribution is -1.97. The van der Waals surface area contributed by atoms with Crippen LogP contribution in [0.5, 0.6) is 0 Å². The van der Waals surface area contributed by atoms with Gasteiger partial charge in [0.2, 0.25) is 0 Å². The van der Waals surface area contributed by atoms with Gasteiger partial charge in [0.25, 0.3) is 0 Å². The van der Waals surface area contributed by atoms with Crippen LogP contribution in [-0.2, 0) is 0 Å². The lowest BCUT2D eigenvalue weighted by Gasteiger charge is -2.06.